The summed E-state index contributed by atoms with van der Waals surface area (Å²) >= 11 is 3.26. The second-order valence-corrected chi connectivity index (χ2v) is 5.81. The van der Waals surface area contributed by atoms with Gasteiger partial charge in [0.1, 0.15) is 5.69 Å². The van der Waals surface area contributed by atoms with E-state index in [-0.39, 0.29) is 10.6 Å². The first kappa shape index (κ1) is 14.3. The Hall–Kier alpha value is -1.14. The van der Waals surface area contributed by atoms with Gasteiger partial charge in [-0.05, 0) is 45.0 Å². The van der Waals surface area contributed by atoms with Gasteiger partial charge in [0.15, 0.2) is 0 Å². The molecule has 0 saturated carbocycles. The lowest BCUT2D eigenvalue weighted by molar-refractivity contribution is -0.384. The third-order valence-electron chi connectivity index (χ3n) is 3.51. The van der Waals surface area contributed by atoms with E-state index in [1.54, 1.807) is 6.07 Å². The average molecular weight is 328 g/mol. The molecular weight excluding hydrogens is 310 g/mol. The molecule has 104 valence electrons. The van der Waals surface area contributed by atoms with Crippen molar-refractivity contribution in [2.45, 2.75) is 25.8 Å². The van der Waals surface area contributed by atoms with Crippen molar-refractivity contribution in [2.24, 2.45) is 0 Å². The average Bonchev–Trinajstić information content (AvgIpc) is 2.90. The molecule has 1 aromatic rings. The Kier molecular flexibility index (Phi) is 4.76. The number of nitrogens with one attached hydrogen (secondary N) is 1. The van der Waals surface area contributed by atoms with Gasteiger partial charge in [0.05, 0.1) is 4.92 Å². The number of hydrogen-bond acceptors (Lipinski definition) is 4. The molecule has 1 N–H and O–H groups in total. The molecule has 0 amide bonds. The number of rotatable bonds is 5. The van der Waals surface area contributed by atoms with Crippen molar-refractivity contribution < 1.29 is 4.92 Å². The lowest BCUT2D eigenvalue weighted by Gasteiger charge is -2.24. The van der Waals surface area contributed by atoms with Gasteiger partial charge >= 0.3 is 0 Å². The van der Waals surface area contributed by atoms with E-state index in [1.165, 1.54) is 18.9 Å². The maximum absolute atomic E-state index is 11.0. The highest BCUT2D eigenvalue weighted by Gasteiger charge is 2.19. The molecule has 0 aliphatic carbocycles. The molecule has 1 unspecified atom stereocenters. The van der Waals surface area contributed by atoms with Gasteiger partial charge in [-0.25, -0.2) is 0 Å². The Bertz CT molecular complexity index is 461. The van der Waals surface area contributed by atoms with Crippen LogP contribution < -0.4 is 5.32 Å². The maximum Gasteiger partial charge on any atom is 0.293 e. The van der Waals surface area contributed by atoms with E-state index in [4.69, 9.17) is 0 Å². The van der Waals surface area contributed by atoms with Crippen LogP contribution in [0.5, 0.6) is 0 Å². The molecule has 0 aromatic heterocycles. The Morgan fingerprint density at radius 2 is 2.16 bits per heavy atom. The Balaban J connectivity index is 2.00. The molecule has 1 fully saturated rings. The van der Waals surface area contributed by atoms with Crippen LogP contribution in [0.4, 0.5) is 11.4 Å². The van der Waals surface area contributed by atoms with E-state index >= 15 is 0 Å². The summed E-state index contributed by atoms with van der Waals surface area (Å²) in [5, 5.41) is 14.2. The van der Waals surface area contributed by atoms with Crippen LogP contribution in [0.25, 0.3) is 0 Å². The summed E-state index contributed by atoms with van der Waals surface area (Å²) in [7, 11) is 0. The van der Waals surface area contributed by atoms with Crippen LogP contribution in [-0.4, -0.2) is 35.5 Å². The molecule has 2 rings (SSSR count). The number of benzene rings is 1. The van der Waals surface area contributed by atoms with Crippen molar-refractivity contribution in [3.63, 3.8) is 0 Å². The van der Waals surface area contributed by atoms with Gasteiger partial charge in [-0.1, -0.05) is 15.9 Å². The zero-order valence-corrected chi connectivity index (χ0v) is 12.5. The molecule has 1 aliphatic rings. The van der Waals surface area contributed by atoms with Crippen molar-refractivity contribution in [3.8, 4) is 0 Å². The molecule has 19 heavy (non-hydrogen) atoms. The van der Waals surface area contributed by atoms with Gasteiger partial charge in [-0.15, -0.1) is 0 Å². The first-order valence-electron chi connectivity index (χ1n) is 6.50. The van der Waals surface area contributed by atoms with Crippen LogP contribution in [0.15, 0.2) is 22.7 Å². The van der Waals surface area contributed by atoms with Crippen LogP contribution in [0.2, 0.25) is 0 Å². The van der Waals surface area contributed by atoms with Crippen molar-refractivity contribution in [1.29, 1.82) is 0 Å². The van der Waals surface area contributed by atoms with E-state index in [2.05, 4.69) is 33.1 Å². The lowest BCUT2D eigenvalue weighted by atomic mass is 10.2. The standard InChI is InChI=1S/C13H18BrN3O2/c1-10(16-6-2-3-7-16)9-15-12-5-4-11(14)8-13(12)17(18)19/h4-5,8,10,15H,2-3,6-7,9H2,1H3. The van der Waals surface area contributed by atoms with Gasteiger partial charge in [-0.3, -0.25) is 15.0 Å². The van der Waals surface area contributed by atoms with Gasteiger partial charge in [0, 0.05) is 23.1 Å². The van der Waals surface area contributed by atoms with Crippen LogP contribution >= 0.6 is 15.9 Å². The number of anilines is 1. The van der Waals surface area contributed by atoms with E-state index in [1.807, 2.05) is 6.07 Å². The fourth-order valence-corrected chi connectivity index (χ4v) is 2.72. The summed E-state index contributed by atoms with van der Waals surface area (Å²) in [6, 6.07) is 5.49. The SMILES string of the molecule is CC(CNc1ccc(Br)cc1[N+](=O)[O-])N1CCCC1. The number of likely N-dealkylation sites (tertiary alicyclic amines) is 1. The topological polar surface area (TPSA) is 58.4 Å². The fraction of sp³-hybridized carbons (Fsp3) is 0.538. The maximum atomic E-state index is 11.0. The third-order valence-corrected chi connectivity index (χ3v) is 4.00. The highest BCUT2D eigenvalue weighted by atomic mass is 79.9. The zero-order valence-electron chi connectivity index (χ0n) is 10.9. The quantitative estimate of drug-likeness (QED) is 0.666. The molecule has 1 aromatic carbocycles. The molecular formula is C13H18BrN3O2. The van der Waals surface area contributed by atoms with Gasteiger partial charge in [0.25, 0.3) is 5.69 Å². The normalized spacial score (nSPS) is 17.4. The predicted octanol–water partition coefficient (Wildman–Crippen LogP) is 3.25. The summed E-state index contributed by atoms with van der Waals surface area (Å²) in [6.45, 7) is 5.14. The molecule has 0 radical (unpaired) electrons. The Morgan fingerprint density at radius 3 is 2.79 bits per heavy atom. The number of nitro groups is 1. The smallest absolute Gasteiger partial charge is 0.293 e. The molecule has 1 heterocycles. The summed E-state index contributed by atoms with van der Waals surface area (Å²) in [4.78, 5) is 13.1. The zero-order chi connectivity index (χ0) is 13.8. The fourth-order valence-electron chi connectivity index (χ4n) is 2.37. The van der Waals surface area contributed by atoms with E-state index in [0.29, 0.717) is 11.7 Å². The summed E-state index contributed by atoms with van der Waals surface area (Å²) < 4.78 is 0.720. The third kappa shape index (κ3) is 3.67. The molecule has 1 aliphatic heterocycles. The molecule has 5 nitrogen and oxygen atoms in total. The predicted molar refractivity (Wildman–Crippen MR) is 79.6 cm³/mol. The van der Waals surface area contributed by atoms with Crippen molar-refractivity contribution >= 4 is 27.3 Å². The first-order valence-corrected chi connectivity index (χ1v) is 7.29. The van der Waals surface area contributed by atoms with Gasteiger partial charge in [0.2, 0.25) is 0 Å². The van der Waals surface area contributed by atoms with Crippen molar-refractivity contribution in [2.75, 3.05) is 25.0 Å². The minimum absolute atomic E-state index is 0.114. The molecule has 6 heteroatoms. The van der Waals surface area contributed by atoms with Crippen molar-refractivity contribution in [3.05, 3.63) is 32.8 Å². The van der Waals surface area contributed by atoms with E-state index in [0.717, 1.165) is 24.1 Å². The summed E-state index contributed by atoms with van der Waals surface area (Å²) in [6.07, 6.45) is 2.51. The number of nitro benzene ring substituents is 1. The molecule has 1 saturated heterocycles. The monoisotopic (exact) mass is 327 g/mol. The van der Waals surface area contributed by atoms with Crippen LogP contribution in [0.1, 0.15) is 19.8 Å². The Morgan fingerprint density at radius 1 is 1.47 bits per heavy atom. The molecule has 0 bridgehead atoms. The number of hydrogen-bond donors (Lipinski definition) is 1. The minimum Gasteiger partial charge on any atom is -0.378 e. The lowest BCUT2D eigenvalue weighted by Crippen LogP contribution is -2.35. The van der Waals surface area contributed by atoms with E-state index < -0.39 is 0 Å². The molecule has 1 atom stereocenters. The highest BCUT2D eigenvalue weighted by molar-refractivity contribution is 9.10. The first-order chi connectivity index (χ1) is 9.08. The Labute approximate surface area is 121 Å². The minimum atomic E-state index is -0.354. The summed E-state index contributed by atoms with van der Waals surface area (Å²) in [5.74, 6) is 0. The molecule has 0 spiro atoms. The van der Waals surface area contributed by atoms with Crippen LogP contribution in [0, 0.1) is 10.1 Å². The van der Waals surface area contributed by atoms with Gasteiger partial charge < -0.3 is 5.32 Å². The van der Waals surface area contributed by atoms with Crippen molar-refractivity contribution in [1.82, 2.24) is 4.90 Å². The largest absolute Gasteiger partial charge is 0.378 e. The number of nitrogens with zero attached hydrogens (tertiary/aromatic N) is 2. The van der Waals surface area contributed by atoms with Crippen LogP contribution in [-0.2, 0) is 0 Å². The number of halogens is 1. The van der Waals surface area contributed by atoms with E-state index in [9.17, 15) is 10.1 Å². The summed E-state index contributed by atoms with van der Waals surface area (Å²) in [5.41, 5.74) is 0.697. The van der Waals surface area contributed by atoms with Gasteiger partial charge in [-0.2, -0.15) is 0 Å². The highest BCUT2D eigenvalue weighted by Crippen LogP contribution is 2.28. The second-order valence-electron chi connectivity index (χ2n) is 4.89. The second kappa shape index (κ2) is 6.34. The van der Waals surface area contributed by atoms with Crippen LogP contribution in [0.3, 0.4) is 0 Å².